The van der Waals surface area contributed by atoms with Crippen LogP contribution in [0, 0.1) is 0 Å². The smallest absolute Gasteiger partial charge is 0.260 e. The van der Waals surface area contributed by atoms with Crippen LogP contribution in [0.1, 0.15) is 0 Å². The molecule has 4 N–H and O–H groups in total. The summed E-state index contributed by atoms with van der Waals surface area (Å²) in [5, 5.41) is 2.71. The van der Waals surface area contributed by atoms with Gasteiger partial charge in [0.05, 0.1) is 0 Å². The topological polar surface area (TPSA) is 73.3 Å². The molecule has 0 aliphatic carbocycles. The maximum Gasteiger partial charge on any atom is 0.260 e. The number of ketones is 1. The molecule has 4 nitrogen and oxygen atoms in total. The number of hydrogen-bond acceptors (Lipinski definition) is 4. The summed E-state index contributed by atoms with van der Waals surface area (Å²) in [6.07, 6.45) is 1.27. The molecule has 3 aliphatic heterocycles. The molecular weight excluding hydrogens is 108 g/mol. The van der Waals surface area contributed by atoms with Crippen molar-refractivity contribution >= 4 is 5.78 Å². The van der Waals surface area contributed by atoms with Gasteiger partial charge in [-0.25, -0.2) is 0 Å². The Morgan fingerprint density at radius 3 is 2.62 bits per heavy atom. The minimum absolute atomic E-state index is 0. The van der Waals surface area contributed by atoms with Crippen molar-refractivity contribution in [3.8, 4) is 0 Å². The van der Waals surface area contributed by atoms with Crippen LogP contribution in [0.3, 0.4) is 0 Å². The third-order valence-electron chi connectivity index (χ3n) is 1.09. The SMILES string of the molecule is N.O=C1C2=CNC1O2. The van der Waals surface area contributed by atoms with Crippen molar-refractivity contribution in [3.63, 3.8) is 0 Å². The highest BCUT2D eigenvalue weighted by molar-refractivity contribution is 6.03. The Hall–Kier alpha value is -1.03. The molecule has 0 aromatic carbocycles. The summed E-state index contributed by atoms with van der Waals surface area (Å²) >= 11 is 0. The first kappa shape index (κ1) is 5.11. The molecule has 0 aromatic heterocycles. The number of hydrogen-bond donors (Lipinski definition) is 2. The minimum Gasteiger partial charge on any atom is -0.457 e. The Labute approximate surface area is 46.1 Å². The van der Waals surface area contributed by atoms with Gasteiger partial charge in [0.2, 0.25) is 6.23 Å². The molecule has 44 valence electrons. The Balaban J connectivity index is 0.000000320. The predicted molar refractivity (Wildman–Crippen MR) is 26.1 cm³/mol. The van der Waals surface area contributed by atoms with Gasteiger partial charge in [-0.1, -0.05) is 0 Å². The summed E-state index contributed by atoms with van der Waals surface area (Å²) in [6.45, 7) is 0. The molecule has 2 bridgehead atoms. The van der Waals surface area contributed by atoms with Crippen molar-refractivity contribution in [1.29, 1.82) is 0 Å². The third kappa shape index (κ3) is 0.307. The molecule has 0 saturated carbocycles. The maximum atomic E-state index is 10.4. The van der Waals surface area contributed by atoms with Crippen LogP contribution in [-0.4, -0.2) is 12.0 Å². The molecule has 0 radical (unpaired) electrons. The molecular formula is C4H6N2O2. The molecule has 3 heterocycles. The van der Waals surface area contributed by atoms with Gasteiger partial charge in [0, 0.05) is 6.20 Å². The van der Waals surface area contributed by atoms with Crippen LogP contribution in [0.15, 0.2) is 12.0 Å². The number of carbonyl (C=O) groups excluding carboxylic acids is 1. The van der Waals surface area contributed by atoms with Gasteiger partial charge in [-0.2, -0.15) is 0 Å². The van der Waals surface area contributed by atoms with Gasteiger partial charge in [0.15, 0.2) is 5.76 Å². The fraction of sp³-hybridized carbons (Fsp3) is 0.250. The zero-order chi connectivity index (χ0) is 4.85. The van der Waals surface area contributed by atoms with Crippen LogP contribution in [0.4, 0.5) is 0 Å². The zero-order valence-electron chi connectivity index (χ0n) is 4.18. The molecule has 3 rings (SSSR count). The highest BCUT2D eigenvalue weighted by Crippen LogP contribution is 2.22. The summed E-state index contributed by atoms with van der Waals surface area (Å²) < 4.78 is 4.76. The van der Waals surface area contributed by atoms with Crippen LogP contribution >= 0.6 is 0 Å². The first-order valence-electron chi connectivity index (χ1n) is 2.05. The van der Waals surface area contributed by atoms with Gasteiger partial charge >= 0.3 is 0 Å². The van der Waals surface area contributed by atoms with E-state index in [1.165, 1.54) is 0 Å². The van der Waals surface area contributed by atoms with E-state index in [0.29, 0.717) is 5.76 Å². The zero-order valence-corrected chi connectivity index (χ0v) is 4.18. The summed E-state index contributed by atoms with van der Waals surface area (Å²) in [5.41, 5.74) is 0. The Kier molecular flexibility index (Phi) is 0.783. The van der Waals surface area contributed by atoms with Gasteiger partial charge in [-0.3, -0.25) is 4.79 Å². The molecule has 0 spiro atoms. The van der Waals surface area contributed by atoms with Gasteiger partial charge in [0.1, 0.15) is 0 Å². The second-order valence-corrected chi connectivity index (χ2v) is 1.54. The average Bonchev–Trinajstić information content (AvgIpc) is 2.18. The normalized spacial score (nSPS) is 28.8. The van der Waals surface area contributed by atoms with E-state index in [2.05, 4.69) is 5.32 Å². The Morgan fingerprint density at radius 2 is 2.50 bits per heavy atom. The van der Waals surface area contributed by atoms with Crippen LogP contribution < -0.4 is 11.5 Å². The van der Waals surface area contributed by atoms with Gasteiger partial charge in [0.25, 0.3) is 5.78 Å². The summed E-state index contributed by atoms with van der Waals surface area (Å²) in [5.74, 6) is 0.560. The highest BCUT2D eigenvalue weighted by atomic mass is 16.6. The second kappa shape index (κ2) is 1.23. The standard InChI is InChI=1S/C4H3NO2.H3N/c6-3-2-1-5-4(3)7-2;/h1,4-5H;1H3. The number of carbonyl (C=O) groups is 1. The third-order valence-corrected chi connectivity index (χ3v) is 1.09. The van der Waals surface area contributed by atoms with Gasteiger partial charge < -0.3 is 16.2 Å². The number of rotatable bonds is 0. The summed E-state index contributed by atoms with van der Waals surface area (Å²) in [7, 11) is 0. The molecule has 3 aliphatic rings. The van der Waals surface area contributed by atoms with Crippen molar-refractivity contribution in [2.75, 3.05) is 0 Å². The van der Waals surface area contributed by atoms with Crippen LogP contribution in [-0.2, 0) is 9.53 Å². The number of Topliss-reactive ketones (excluding diaryl/α,β-unsaturated/α-hetero) is 1. The Bertz CT molecular complexity index is 161. The van der Waals surface area contributed by atoms with Crippen LogP contribution in [0.2, 0.25) is 0 Å². The van der Waals surface area contributed by atoms with Gasteiger partial charge in [-0.15, -0.1) is 0 Å². The number of fused-ring (bicyclic) bond motifs is 1. The van der Waals surface area contributed by atoms with E-state index >= 15 is 0 Å². The summed E-state index contributed by atoms with van der Waals surface area (Å²) in [4.78, 5) is 10.4. The molecule has 8 heavy (non-hydrogen) atoms. The van der Waals surface area contributed by atoms with Crippen molar-refractivity contribution in [2.24, 2.45) is 0 Å². The summed E-state index contributed by atoms with van der Waals surface area (Å²) in [6, 6.07) is 0. The fourth-order valence-corrected chi connectivity index (χ4v) is 0.676. The monoisotopic (exact) mass is 114 g/mol. The number of ether oxygens (including phenoxy) is 1. The van der Waals surface area contributed by atoms with Crippen LogP contribution in [0.5, 0.6) is 0 Å². The first-order valence-corrected chi connectivity index (χ1v) is 2.05. The minimum atomic E-state index is -0.324. The second-order valence-electron chi connectivity index (χ2n) is 1.54. The van der Waals surface area contributed by atoms with E-state index in [1.807, 2.05) is 0 Å². The molecule has 4 heteroatoms. The van der Waals surface area contributed by atoms with E-state index in [1.54, 1.807) is 6.20 Å². The van der Waals surface area contributed by atoms with Crippen molar-refractivity contribution in [1.82, 2.24) is 11.5 Å². The maximum absolute atomic E-state index is 10.4. The predicted octanol–water partition coefficient (Wildman–Crippen LogP) is -0.482. The van der Waals surface area contributed by atoms with Crippen molar-refractivity contribution in [3.05, 3.63) is 12.0 Å². The quantitative estimate of drug-likeness (QED) is 0.446. The fourth-order valence-electron chi connectivity index (χ4n) is 0.676. The largest absolute Gasteiger partial charge is 0.457 e. The van der Waals surface area contributed by atoms with E-state index < -0.39 is 0 Å². The van der Waals surface area contributed by atoms with E-state index in [9.17, 15) is 4.79 Å². The lowest BCUT2D eigenvalue weighted by Gasteiger charge is -2.17. The number of nitrogens with one attached hydrogen (secondary N) is 1. The lowest BCUT2D eigenvalue weighted by Crippen LogP contribution is -2.38. The lowest BCUT2D eigenvalue weighted by atomic mass is 10.3. The molecule has 1 atom stereocenters. The van der Waals surface area contributed by atoms with Crippen molar-refractivity contribution in [2.45, 2.75) is 6.23 Å². The molecule has 1 saturated heterocycles. The molecule has 1 fully saturated rings. The highest BCUT2D eigenvalue weighted by Gasteiger charge is 2.41. The first-order chi connectivity index (χ1) is 3.38. The Morgan fingerprint density at radius 1 is 1.75 bits per heavy atom. The lowest BCUT2D eigenvalue weighted by molar-refractivity contribution is -0.139. The van der Waals surface area contributed by atoms with Crippen LogP contribution in [0.25, 0.3) is 0 Å². The van der Waals surface area contributed by atoms with Crippen molar-refractivity contribution < 1.29 is 9.53 Å². The van der Waals surface area contributed by atoms with E-state index in [-0.39, 0.29) is 18.2 Å². The van der Waals surface area contributed by atoms with E-state index in [4.69, 9.17) is 4.74 Å². The molecule has 1 unspecified atom stereocenters. The molecule has 0 aromatic rings. The van der Waals surface area contributed by atoms with Gasteiger partial charge in [-0.05, 0) is 0 Å². The van der Waals surface area contributed by atoms with E-state index in [0.717, 1.165) is 0 Å². The molecule has 0 amide bonds. The average molecular weight is 114 g/mol.